The van der Waals surface area contributed by atoms with Crippen molar-refractivity contribution in [3.63, 3.8) is 0 Å². The molecule has 0 N–H and O–H groups in total. The van der Waals surface area contributed by atoms with E-state index in [2.05, 4.69) is 62.1 Å². The molecule has 0 aliphatic carbocycles. The van der Waals surface area contributed by atoms with Crippen molar-refractivity contribution in [1.29, 1.82) is 0 Å². The Morgan fingerprint density at radius 3 is 1.62 bits per heavy atom. The maximum atomic E-state index is 13.2. The number of piperidine rings is 2. The lowest BCUT2D eigenvalue weighted by molar-refractivity contribution is -0.138. The van der Waals surface area contributed by atoms with E-state index in [0.29, 0.717) is 38.2 Å². The number of hydrogen-bond donors (Lipinski definition) is 0. The molecule has 11 nitrogen and oxygen atoms in total. The zero-order valence-corrected chi connectivity index (χ0v) is 38.3. The quantitative estimate of drug-likeness (QED) is 0.118. The summed E-state index contributed by atoms with van der Waals surface area (Å²) in [5.41, 5.74) is 9.66. The van der Waals surface area contributed by atoms with Gasteiger partial charge < -0.3 is 28.4 Å². The van der Waals surface area contributed by atoms with Crippen LogP contribution in [0, 0.1) is 13.8 Å². The largest absolute Gasteiger partial charge is 0.496 e. The molecular weight excluding hydrogens is 831 g/mol. The highest BCUT2D eigenvalue weighted by atomic mass is 32.1. The van der Waals surface area contributed by atoms with E-state index in [1.807, 2.05) is 73.0 Å². The summed E-state index contributed by atoms with van der Waals surface area (Å²) < 4.78 is 23.1. The maximum Gasteiger partial charge on any atom is 0.223 e. The number of benzene rings is 4. The lowest BCUT2D eigenvalue weighted by Gasteiger charge is -2.37. The first kappa shape index (κ1) is 43.6. The third-order valence-corrected chi connectivity index (χ3v) is 13.3. The Bertz CT molecular complexity index is 2700. The maximum absolute atomic E-state index is 13.2. The van der Waals surface area contributed by atoms with E-state index in [9.17, 15) is 9.59 Å². The summed E-state index contributed by atoms with van der Waals surface area (Å²) in [4.78, 5) is 43.9. The van der Waals surface area contributed by atoms with Gasteiger partial charge in [0.25, 0.3) is 0 Å². The van der Waals surface area contributed by atoms with Gasteiger partial charge in [-0.1, -0.05) is 49.4 Å². The van der Waals surface area contributed by atoms with Crippen LogP contribution in [0.2, 0.25) is 0 Å². The minimum absolute atomic E-state index is 0.0810. The number of methoxy groups -OCH3 is 3. The van der Waals surface area contributed by atoms with Crippen LogP contribution in [0.15, 0.2) is 94.0 Å². The van der Waals surface area contributed by atoms with E-state index >= 15 is 0 Å². The number of thiazole rings is 2. The summed E-state index contributed by atoms with van der Waals surface area (Å²) in [7, 11) is 4.98. The minimum atomic E-state index is -0.132. The summed E-state index contributed by atoms with van der Waals surface area (Å²) >= 11 is 3.29. The van der Waals surface area contributed by atoms with Crippen LogP contribution in [-0.4, -0.2) is 57.9 Å². The number of ether oxygens (including phenoxy) is 3. The molecule has 2 saturated heterocycles. The second kappa shape index (κ2) is 19.6. The smallest absolute Gasteiger partial charge is 0.223 e. The van der Waals surface area contributed by atoms with Crippen molar-refractivity contribution in [3.8, 4) is 39.8 Å². The van der Waals surface area contributed by atoms with Gasteiger partial charge in [-0.25, -0.2) is 15.0 Å². The topological polar surface area (TPSA) is 120 Å². The Morgan fingerprint density at radius 1 is 0.651 bits per heavy atom. The number of aryl methyl sites for hydroxylation is 3. The van der Waals surface area contributed by atoms with Crippen molar-refractivity contribution >= 4 is 45.6 Å². The molecule has 0 spiro atoms. The second-order valence-electron chi connectivity index (χ2n) is 15.8. The summed E-state index contributed by atoms with van der Waals surface area (Å²) in [6.07, 6.45) is 5.27. The number of nitrogens with zero attached hydrogens (tertiary/aromatic N) is 5. The average Bonchev–Trinajstić information content (AvgIpc) is 4.07. The molecule has 2 aliphatic rings. The normalized spacial score (nSPS) is 16.5. The first-order chi connectivity index (χ1) is 30.7. The van der Waals surface area contributed by atoms with Crippen molar-refractivity contribution in [2.24, 2.45) is 0 Å². The summed E-state index contributed by atoms with van der Waals surface area (Å²) in [5, 5.41) is 6.23. The molecule has 0 saturated carbocycles. The van der Waals surface area contributed by atoms with Crippen LogP contribution in [0.1, 0.15) is 95.7 Å². The number of aromatic nitrogens is 3. The van der Waals surface area contributed by atoms with E-state index < -0.39 is 0 Å². The standard InChI is InChI=1S/C26H27N3O3S.C24H26N2O3S/c1-4-23-28-19-11-12-22(31-3)25(26(19)32-23)21-9-6-10-24(30)29(21)14-17-7-5-8-18(13-17)20-15-33-16(2)27-20;1-16-25-19(15-30-16)18-8-4-7-17(13-18)14-26-20(9-5-12-23(26)27)24-21(28-2)10-6-11-22(24)29-3/h5,7-8,11-13,15,21H,4,6,9-10,14H2,1-3H3;4,6-8,10-11,13,15,20H,5,9,12,14H2,1-3H3. The van der Waals surface area contributed by atoms with E-state index in [4.69, 9.17) is 18.6 Å². The van der Waals surface area contributed by atoms with E-state index in [1.54, 1.807) is 44.0 Å². The van der Waals surface area contributed by atoms with Gasteiger partial charge in [0.05, 0.1) is 65.9 Å². The molecule has 326 valence electrons. The van der Waals surface area contributed by atoms with Crippen LogP contribution in [0.3, 0.4) is 0 Å². The highest BCUT2D eigenvalue weighted by Crippen LogP contribution is 2.44. The molecule has 5 heterocycles. The van der Waals surface area contributed by atoms with Crippen molar-refractivity contribution < 1.29 is 28.2 Å². The van der Waals surface area contributed by atoms with Crippen LogP contribution in [0.4, 0.5) is 0 Å². The monoisotopic (exact) mass is 883 g/mol. The lowest BCUT2D eigenvalue weighted by Crippen LogP contribution is -2.38. The van der Waals surface area contributed by atoms with Gasteiger partial charge in [-0.15, -0.1) is 22.7 Å². The second-order valence-corrected chi connectivity index (χ2v) is 18.0. The highest BCUT2D eigenvalue weighted by molar-refractivity contribution is 7.10. The average molecular weight is 884 g/mol. The molecule has 2 unspecified atom stereocenters. The number of rotatable bonds is 12. The van der Waals surface area contributed by atoms with E-state index in [-0.39, 0.29) is 23.9 Å². The van der Waals surface area contributed by atoms with Gasteiger partial charge in [0, 0.05) is 54.2 Å². The van der Waals surface area contributed by atoms with Gasteiger partial charge in [0.15, 0.2) is 11.5 Å². The fourth-order valence-corrected chi connectivity index (χ4v) is 10.0. The first-order valence-corrected chi connectivity index (χ1v) is 23.2. The zero-order chi connectivity index (χ0) is 44.0. The summed E-state index contributed by atoms with van der Waals surface area (Å²) in [6.45, 7) is 7.11. The molecule has 2 aliphatic heterocycles. The Hall–Kier alpha value is -6.05. The molecule has 2 amide bonds. The van der Waals surface area contributed by atoms with Gasteiger partial charge in [-0.3, -0.25) is 9.59 Å². The zero-order valence-electron chi connectivity index (χ0n) is 36.7. The van der Waals surface area contributed by atoms with Crippen LogP contribution in [-0.2, 0) is 29.1 Å². The molecule has 2 atom stereocenters. The molecule has 2 fully saturated rings. The number of amides is 2. The van der Waals surface area contributed by atoms with Crippen molar-refractivity contribution in [1.82, 2.24) is 24.8 Å². The Labute approximate surface area is 376 Å². The molecule has 13 heteroatoms. The number of fused-ring (bicyclic) bond motifs is 1. The molecule has 63 heavy (non-hydrogen) atoms. The Kier molecular flexibility index (Phi) is 13.5. The fourth-order valence-electron chi connectivity index (χ4n) is 8.77. The van der Waals surface area contributed by atoms with E-state index in [0.717, 1.165) is 109 Å². The fraction of sp³-hybridized carbons (Fsp3) is 0.340. The van der Waals surface area contributed by atoms with Gasteiger partial charge in [-0.05, 0) is 87.1 Å². The number of likely N-dealkylation sites (tertiary alicyclic amines) is 2. The summed E-state index contributed by atoms with van der Waals surface area (Å²) in [6, 6.07) is 26.0. The highest BCUT2D eigenvalue weighted by Gasteiger charge is 2.35. The predicted octanol–water partition coefficient (Wildman–Crippen LogP) is 11.5. The van der Waals surface area contributed by atoms with Crippen LogP contribution < -0.4 is 14.2 Å². The molecule has 3 aromatic heterocycles. The third kappa shape index (κ3) is 9.50. The molecule has 0 radical (unpaired) electrons. The summed E-state index contributed by atoms with van der Waals surface area (Å²) in [5.74, 6) is 3.25. The lowest BCUT2D eigenvalue weighted by atomic mass is 9.92. The van der Waals surface area contributed by atoms with Crippen LogP contribution in [0.5, 0.6) is 17.2 Å². The molecule has 4 aromatic carbocycles. The SMILES string of the molecule is CCc1nc2ccc(OC)c(C3CCCC(=O)N3Cc3cccc(-c4csc(C)n4)c3)c2o1.COc1cccc(OC)c1C1CCCC(=O)N1Cc1cccc(-c2csc(C)n2)c1. The Balaban J connectivity index is 0.000000174. The predicted molar refractivity (Wildman–Crippen MR) is 248 cm³/mol. The van der Waals surface area contributed by atoms with Gasteiger partial charge >= 0.3 is 0 Å². The molecule has 0 bridgehead atoms. The van der Waals surface area contributed by atoms with Gasteiger partial charge in [-0.2, -0.15) is 0 Å². The van der Waals surface area contributed by atoms with E-state index in [1.165, 1.54) is 0 Å². The third-order valence-electron chi connectivity index (χ3n) is 11.8. The van der Waals surface area contributed by atoms with Crippen molar-refractivity contribution in [2.45, 2.75) is 90.9 Å². The number of oxazole rings is 1. The molecule has 7 aromatic rings. The van der Waals surface area contributed by atoms with Crippen LogP contribution >= 0.6 is 22.7 Å². The van der Waals surface area contributed by atoms with Gasteiger partial charge in [0.1, 0.15) is 22.8 Å². The van der Waals surface area contributed by atoms with Crippen molar-refractivity contribution in [3.05, 3.63) is 128 Å². The number of carbonyl (C=O) groups excluding carboxylic acids is 2. The minimum Gasteiger partial charge on any atom is -0.496 e. The molecule has 9 rings (SSSR count). The first-order valence-electron chi connectivity index (χ1n) is 21.5. The van der Waals surface area contributed by atoms with Gasteiger partial charge in [0.2, 0.25) is 11.8 Å². The molecular formula is C50H53N5O6S2. The number of hydrogen-bond acceptors (Lipinski definition) is 11. The Morgan fingerprint density at radius 2 is 1.14 bits per heavy atom. The van der Waals surface area contributed by atoms with Crippen molar-refractivity contribution in [2.75, 3.05) is 21.3 Å². The van der Waals surface area contributed by atoms with Crippen LogP contribution in [0.25, 0.3) is 33.6 Å². The number of carbonyl (C=O) groups is 2.